The zero-order chi connectivity index (χ0) is 16.8. The SMILES string of the molecule is C[C@@H](NC(=S)NCC[NH+]1CCOCC1)c1cccc2ccccc12. The third-order valence-corrected chi connectivity index (χ3v) is 4.86. The number of morpholine rings is 1. The van der Waals surface area contributed by atoms with Crippen molar-refractivity contribution >= 4 is 28.1 Å². The molecule has 1 heterocycles. The van der Waals surface area contributed by atoms with Gasteiger partial charge in [0, 0.05) is 0 Å². The Bertz CT molecular complexity index is 680. The zero-order valence-corrected chi connectivity index (χ0v) is 15.0. The van der Waals surface area contributed by atoms with E-state index in [0.717, 1.165) is 44.5 Å². The Kier molecular flexibility index (Phi) is 6.01. The molecule has 1 saturated heterocycles. The van der Waals surface area contributed by atoms with Crippen LogP contribution in [0.5, 0.6) is 0 Å². The standard InChI is InChI=1S/C19H25N3OS/c1-15(17-8-4-6-16-5-2-3-7-18(16)17)21-19(24)20-9-10-22-11-13-23-14-12-22/h2-8,15H,9-14H2,1H3,(H2,20,21,24)/p+1/t15-/m1/s1. The van der Waals surface area contributed by atoms with Gasteiger partial charge in [0.25, 0.3) is 0 Å². The van der Waals surface area contributed by atoms with Crippen molar-refractivity contribution < 1.29 is 9.64 Å². The van der Waals surface area contributed by atoms with E-state index in [4.69, 9.17) is 17.0 Å². The van der Waals surface area contributed by atoms with Crippen molar-refractivity contribution in [3.05, 3.63) is 48.0 Å². The highest BCUT2D eigenvalue weighted by molar-refractivity contribution is 7.80. The van der Waals surface area contributed by atoms with E-state index in [-0.39, 0.29) is 6.04 Å². The minimum Gasteiger partial charge on any atom is -0.370 e. The fraction of sp³-hybridized carbons (Fsp3) is 0.421. The van der Waals surface area contributed by atoms with Gasteiger partial charge in [-0.2, -0.15) is 0 Å². The van der Waals surface area contributed by atoms with Crippen molar-refractivity contribution in [2.45, 2.75) is 13.0 Å². The van der Waals surface area contributed by atoms with Crippen molar-refractivity contribution in [2.75, 3.05) is 39.4 Å². The smallest absolute Gasteiger partial charge is 0.166 e. The summed E-state index contributed by atoms with van der Waals surface area (Å²) >= 11 is 5.46. The van der Waals surface area contributed by atoms with E-state index < -0.39 is 0 Å². The molecule has 3 rings (SSSR count). The third-order valence-electron chi connectivity index (χ3n) is 4.60. The second-order valence-electron chi connectivity index (χ2n) is 6.30. The molecule has 2 aromatic rings. The number of fused-ring (bicyclic) bond motifs is 1. The first-order valence-electron chi connectivity index (χ1n) is 8.67. The quantitative estimate of drug-likeness (QED) is 0.715. The fourth-order valence-corrected chi connectivity index (χ4v) is 3.50. The number of rotatable bonds is 5. The maximum absolute atomic E-state index is 5.46. The highest BCUT2D eigenvalue weighted by Gasteiger charge is 2.14. The van der Waals surface area contributed by atoms with Crippen LogP contribution in [0.3, 0.4) is 0 Å². The molecule has 0 amide bonds. The van der Waals surface area contributed by atoms with Crippen LogP contribution in [0.15, 0.2) is 42.5 Å². The molecule has 0 radical (unpaired) electrons. The third kappa shape index (κ3) is 4.44. The Morgan fingerprint density at radius 2 is 1.92 bits per heavy atom. The van der Waals surface area contributed by atoms with Crippen molar-refractivity contribution in [2.24, 2.45) is 0 Å². The summed E-state index contributed by atoms with van der Waals surface area (Å²) in [5.41, 5.74) is 1.27. The minimum absolute atomic E-state index is 0.173. The first kappa shape index (κ1) is 17.1. The highest BCUT2D eigenvalue weighted by Crippen LogP contribution is 2.23. The molecule has 1 fully saturated rings. The molecule has 5 heteroatoms. The number of thiocarbonyl (C=S) groups is 1. The molecule has 0 spiro atoms. The summed E-state index contributed by atoms with van der Waals surface area (Å²) in [7, 11) is 0. The van der Waals surface area contributed by atoms with Crippen LogP contribution in [0.4, 0.5) is 0 Å². The summed E-state index contributed by atoms with van der Waals surface area (Å²) in [4.78, 5) is 1.58. The maximum atomic E-state index is 5.46. The van der Waals surface area contributed by atoms with Crippen LogP contribution >= 0.6 is 12.2 Å². The summed E-state index contributed by atoms with van der Waals surface area (Å²) in [6, 6.07) is 15.1. The number of hydrogen-bond acceptors (Lipinski definition) is 2. The summed E-state index contributed by atoms with van der Waals surface area (Å²) in [5, 5.41) is 10.0. The first-order valence-corrected chi connectivity index (χ1v) is 9.08. The lowest BCUT2D eigenvalue weighted by Crippen LogP contribution is -3.14. The Hall–Kier alpha value is -1.69. The van der Waals surface area contributed by atoms with E-state index in [1.807, 2.05) is 0 Å². The molecule has 1 aliphatic heterocycles. The molecule has 1 atom stereocenters. The van der Waals surface area contributed by atoms with E-state index in [1.165, 1.54) is 16.3 Å². The number of quaternary nitrogens is 1. The number of benzene rings is 2. The van der Waals surface area contributed by atoms with Gasteiger partial charge >= 0.3 is 0 Å². The van der Waals surface area contributed by atoms with Crippen LogP contribution in [0.2, 0.25) is 0 Å². The number of nitrogens with one attached hydrogen (secondary N) is 3. The van der Waals surface area contributed by atoms with Gasteiger partial charge in [-0.15, -0.1) is 0 Å². The lowest BCUT2D eigenvalue weighted by Gasteiger charge is -2.24. The molecule has 3 N–H and O–H groups in total. The lowest BCUT2D eigenvalue weighted by atomic mass is 10.00. The van der Waals surface area contributed by atoms with Gasteiger partial charge in [-0.05, 0) is 35.5 Å². The maximum Gasteiger partial charge on any atom is 0.166 e. The van der Waals surface area contributed by atoms with Crippen LogP contribution in [0, 0.1) is 0 Å². The Balaban J connectivity index is 1.52. The summed E-state index contributed by atoms with van der Waals surface area (Å²) in [6.45, 7) is 8.05. The minimum atomic E-state index is 0.173. The van der Waals surface area contributed by atoms with Crippen LogP contribution in [0.25, 0.3) is 10.8 Å². The largest absolute Gasteiger partial charge is 0.370 e. The monoisotopic (exact) mass is 344 g/mol. The van der Waals surface area contributed by atoms with Gasteiger partial charge in [0.05, 0.1) is 32.3 Å². The lowest BCUT2D eigenvalue weighted by molar-refractivity contribution is -0.906. The fourth-order valence-electron chi connectivity index (χ4n) is 3.22. The zero-order valence-electron chi connectivity index (χ0n) is 14.2. The molecular weight excluding hydrogens is 318 g/mol. The van der Waals surface area contributed by atoms with E-state index in [9.17, 15) is 0 Å². The summed E-state index contributed by atoms with van der Waals surface area (Å²) in [5.74, 6) is 0. The normalized spacial score (nSPS) is 16.7. The van der Waals surface area contributed by atoms with E-state index in [1.54, 1.807) is 4.90 Å². The van der Waals surface area contributed by atoms with Crippen LogP contribution in [-0.2, 0) is 4.74 Å². The van der Waals surface area contributed by atoms with Gasteiger partial charge in [-0.25, -0.2) is 0 Å². The molecule has 0 aliphatic carbocycles. The Labute approximate surface area is 149 Å². The van der Waals surface area contributed by atoms with Gasteiger partial charge in [-0.3, -0.25) is 0 Å². The molecule has 0 bridgehead atoms. The van der Waals surface area contributed by atoms with Gasteiger partial charge in [-0.1, -0.05) is 42.5 Å². The molecule has 4 nitrogen and oxygen atoms in total. The van der Waals surface area contributed by atoms with Crippen LogP contribution in [0.1, 0.15) is 18.5 Å². The molecule has 0 saturated carbocycles. The van der Waals surface area contributed by atoms with Gasteiger partial charge < -0.3 is 20.3 Å². The first-order chi connectivity index (χ1) is 11.7. The van der Waals surface area contributed by atoms with Crippen LogP contribution in [-0.4, -0.2) is 44.5 Å². The summed E-state index contributed by atoms with van der Waals surface area (Å²) < 4.78 is 5.38. The summed E-state index contributed by atoms with van der Waals surface area (Å²) in [6.07, 6.45) is 0. The second-order valence-corrected chi connectivity index (χ2v) is 6.71. The average molecular weight is 345 g/mol. The second kappa shape index (κ2) is 8.42. The van der Waals surface area contributed by atoms with Gasteiger partial charge in [0.2, 0.25) is 0 Å². The van der Waals surface area contributed by atoms with Crippen molar-refractivity contribution in [3.63, 3.8) is 0 Å². The van der Waals surface area contributed by atoms with E-state index in [2.05, 4.69) is 60.0 Å². The van der Waals surface area contributed by atoms with Crippen molar-refractivity contribution in [3.8, 4) is 0 Å². The highest BCUT2D eigenvalue weighted by atomic mass is 32.1. The average Bonchev–Trinajstić information content (AvgIpc) is 2.62. The Morgan fingerprint density at radius 3 is 2.75 bits per heavy atom. The molecule has 1 aliphatic rings. The predicted octanol–water partition coefficient (Wildman–Crippen LogP) is 1.28. The molecule has 24 heavy (non-hydrogen) atoms. The number of ether oxygens (including phenoxy) is 1. The molecule has 0 unspecified atom stereocenters. The van der Waals surface area contributed by atoms with Gasteiger partial charge in [0.1, 0.15) is 13.1 Å². The number of hydrogen-bond donors (Lipinski definition) is 3. The Morgan fingerprint density at radius 1 is 1.17 bits per heavy atom. The molecule has 2 aromatic carbocycles. The molecule has 0 aromatic heterocycles. The van der Waals surface area contributed by atoms with E-state index in [0.29, 0.717) is 0 Å². The van der Waals surface area contributed by atoms with Gasteiger partial charge in [0.15, 0.2) is 5.11 Å². The van der Waals surface area contributed by atoms with Crippen molar-refractivity contribution in [1.82, 2.24) is 10.6 Å². The molecule has 128 valence electrons. The topological polar surface area (TPSA) is 37.7 Å². The van der Waals surface area contributed by atoms with Crippen LogP contribution < -0.4 is 15.5 Å². The molecular formula is C19H26N3OS+. The van der Waals surface area contributed by atoms with E-state index >= 15 is 0 Å². The van der Waals surface area contributed by atoms with Crippen molar-refractivity contribution in [1.29, 1.82) is 0 Å². The predicted molar refractivity (Wildman–Crippen MR) is 102 cm³/mol.